The van der Waals surface area contributed by atoms with Crippen molar-refractivity contribution in [1.82, 2.24) is 10.2 Å². The molecule has 1 unspecified atom stereocenters. The number of Topliss-reactive ketones (excluding diaryl/α,β-unsaturated/α-hetero) is 1. The summed E-state index contributed by atoms with van der Waals surface area (Å²) in [7, 11) is 0. The number of ketones is 1. The van der Waals surface area contributed by atoms with E-state index in [0.29, 0.717) is 24.9 Å². The van der Waals surface area contributed by atoms with Crippen molar-refractivity contribution in [3.8, 4) is 5.75 Å². The quantitative estimate of drug-likeness (QED) is 0.791. The Kier molecular flexibility index (Phi) is 5.71. The molecule has 2 atom stereocenters. The molecule has 29 heavy (non-hydrogen) atoms. The van der Waals surface area contributed by atoms with Gasteiger partial charge in [0.2, 0.25) is 5.91 Å². The Balaban J connectivity index is 1.35. The van der Waals surface area contributed by atoms with Gasteiger partial charge < -0.3 is 4.74 Å². The van der Waals surface area contributed by atoms with E-state index in [1.165, 1.54) is 0 Å². The van der Waals surface area contributed by atoms with E-state index in [-0.39, 0.29) is 18.2 Å². The van der Waals surface area contributed by atoms with Crippen LogP contribution in [0, 0.1) is 0 Å². The van der Waals surface area contributed by atoms with Gasteiger partial charge >= 0.3 is 0 Å². The van der Waals surface area contributed by atoms with Crippen LogP contribution in [-0.2, 0) is 16.0 Å². The molecule has 0 aromatic heterocycles. The van der Waals surface area contributed by atoms with E-state index in [2.05, 4.69) is 5.32 Å². The third-order valence-corrected chi connectivity index (χ3v) is 5.57. The number of carbonyl (C=O) groups is 3. The molecule has 1 N–H and O–H groups in total. The second-order valence-corrected chi connectivity index (χ2v) is 7.53. The van der Waals surface area contributed by atoms with Crippen molar-refractivity contribution in [2.45, 2.75) is 37.8 Å². The fourth-order valence-corrected chi connectivity index (χ4v) is 4.02. The number of rotatable bonds is 5. The first-order chi connectivity index (χ1) is 14.1. The zero-order chi connectivity index (χ0) is 20.2. The molecule has 0 saturated carbocycles. The molecule has 0 spiro atoms. The van der Waals surface area contributed by atoms with Crippen molar-refractivity contribution in [2.75, 3.05) is 13.1 Å². The lowest BCUT2D eigenvalue weighted by molar-refractivity contribution is -0.130. The average molecular weight is 392 g/mol. The normalized spacial score (nSPS) is 21.1. The molecular weight excluding hydrogens is 368 g/mol. The van der Waals surface area contributed by atoms with E-state index in [4.69, 9.17) is 4.74 Å². The number of hydrogen-bond acceptors (Lipinski definition) is 5. The maximum absolute atomic E-state index is 12.8. The van der Waals surface area contributed by atoms with Gasteiger partial charge in [0, 0.05) is 5.56 Å². The number of benzene rings is 2. The van der Waals surface area contributed by atoms with Gasteiger partial charge in [-0.2, -0.15) is 0 Å². The van der Waals surface area contributed by atoms with Crippen molar-refractivity contribution in [3.63, 3.8) is 0 Å². The molecular formula is C23H24N2O4. The van der Waals surface area contributed by atoms with E-state index in [9.17, 15) is 14.4 Å². The van der Waals surface area contributed by atoms with Crippen molar-refractivity contribution in [2.24, 2.45) is 0 Å². The molecule has 150 valence electrons. The summed E-state index contributed by atoms with van der Waals surface area (Å²) in [6.07, 6.45) is 2.42. The van der Waals surface area contributed by atoms with Crippen LogP contribution >= 0.6 is 0 Å². The zero-order valence-corrected chi connectivity index (χ0v) is 16.2. The first kappa shape index (κ1) is 19.3. The molecule has 6 nitrogen and oxygen atoms in total. The summed E-state index contributed by atoms with van der Waals surface area (Å²) in [4.78, 5) is 39.6. The Morgan fingerprint density at radius 2 is 1.76 bits per heavy atom. The lowest BCUT2D eigenvalue weighted by Gasteiger charge is -2.28. The summed E-state index contributed by atoms with van der Waals surface area (Å²) in [6.45, 7) is 0.817. The number of fused-ring (bicyclic) bond motifs is 1. The van der Waals surface area contributed by atoms with E-state index in [1.54, 1.807) is 24.3 Å². The van der Waals surface area contributed by atoms with Gasteiger partial charge in [-0.3, -0.25) is 24.6 Å². The number of ether oxygens (including phenoxy) is 1. The van der Waals surface area contributed by atoms with Gasteiger partial charge in [-0.15, -0.1) is 0 Å². The summed E-state index contributed by atoms with van der Waals surface area (Å²) >= 11 is 0. The van der Waals surface area contributed by atoms with Crippen LogP contribution in [0.1, 0.15) is 35.2 Å². The summed E-state index contributed by atoms with van der Waals surface area (Å²) in [6, 6.07) is 15.9. The first-order valence-corrected chi connectivity index (χ1v) is 10.0. The van der Waals surface area contributed by atoms with Gasteiger partial charge in [-0.25, -0.2) is 0 Å². The van der Waals surface area contributed by atoms with Crippen LogP contribution in [0.25, 0.3) is 0 Å². The molecule has 6 heteroatoms. The van der Waals surface area contributed by atoms with Gasteiger partial charge in [-0.05, 0) is 56.0 Å². The minimum Gasteiger partial charge on any atom is -0.482 e. The summed E-state index contributed by atoms with van der Waals surface area (Å²) in [5, 5.41) is 2.47. The van der Waals surface area contributed by atoms with Crippen molar-refractivity contribution < 1.29 is 19.1 Å². The van der Waals surface area contributed by atoms with Gasteiger partial charge in [0.25, 0.3) is 5.91 Å². The predicted molar refractivity (Wildman–Crippen MR) is 108 cm³/mol. The molecule has 2 aliphatic rings. The molecule has 1 saturated heterocycles. The molecule has 1 fully saturated rings. The van der Waals surface area contributed by atoms with Gasteiger partial charge in [-0.1, -0.05) is 36.4 Å². The number of amides is 2. The topological polar surface area (TPSA) is 75.7 Å². The predicted octanol–water partition coefficient (Wildman–Crippen LogP) is 2.37. The van der Waals surface area contributed by atoms with E-state index >= 15 is 0 Å². The van der Waals surface area contributed by atoms with Crippen LogP contribution in [0.15, 0.2) is 54.6 Å². The third kappa shape index (κ3) is 4.38. The Morgan fingerprint density at radius 1 is 1.00 bits per heavy atom. The molecule has 2 aromatic carbocycles. The first-order valence-electron chi connectivity index (χ1n) is 10.0. The van der Waals surface area contributed by atoms with E-state index < -0.39 is 18.1 Å². The molecule has 2 aliphatic heterocycles. The lowest BCUT2D eigenvalue weighted by Crippen LogP contribution is -2.48. The Labute approximate surface area is 169 Å². The fraction of sp³-hybridized carbons (Fsp3) is 0.348. The van der Waals surface area contributed by atoms with E-state index in [1.807, 2.05) is 35.2 Å². The number of aryl methyl sites for hydroxylation is 1. The maximum Gasteiger partial charge on any atom is 0.257 e. The zero-order valence-electron chi connectivity index (χ0n) is 16.2. The number of likely N-dealkylation sites (tertiary alicyclic amines) is 1. The number of hydrogen-bond donors (Lipinski definition) is 1. The third-order valence-electron chi connectivity index (χ3n) is 5.57. The molecule has 4 rings (SSSR count). The second-order valence-electron chi connectivity index (χ2n) is 7.53. The number of carbonyl (C=O) groups excluding carboxylic acids is 3. The molecule has 0 radical (unpaired) electrons. The van der Waals surface area contributed by atoms with Crippen LogP contribution < -0.4 is 10.1 Å². The maximum atomic E-state index is 12.8. The van der Waals surface area contributed by atoms with Crippen LogP contribution in [0.2, 0.25) is 0 Å². The minimum atomic E-state index is -0.486. The van der Waals surface area contributed by atoms with Gasteiger partial charge in [0.15, 0.2) is 11.9 Å². The van der Waals surface area contributed by atoms with Crippen LogP contribution in [-0.4, -0.2) is 47.7 Å². The second kappa shape index (κ2) is 8.57. The SMILES string of the molecule is O=C(NC(=O)[C@@H]1CCCN1CC(=O)C1CCc2ccccc2O1)c1ccccc1. The fourth-order valence-electron chi connectivity index (χ4n) is 4.02. The molecule has 2 heterocycles. The smallest absolute Gasteiger partial charge is 0.257 e. The molecule has 0 aliphatic carbocycles. The summed E-state index contributed by atoms with van der Waals surface area (Å²) < 4.78 is 5.89. The summed E-state index contributed by atoms with van der Waals surface area (Å²) in [5.41, 5.74) is 1.56. The number of para-hydroxylation sites is 1. The van der Waals surface area contributed by atoms with Gasteiger partial charge in [0.05, 0.1) is 12.6 Å². The standard InChI is InChI=1S/C23H24N2O4/c26-19(21-13-12-16-7-4-5-11-20(16)29-21)15-25-14-6-10-18(25)23(28)24-22(27)17-8-2-1-3-9-17/h1-5,7-9,11,18,21H,6,10,12-15H2,(H,24,27,28)/t18-,21?/m0/s1. The largest absolute Gasteiger partial charge is 0.482 e. The van der Waals surface area contributed by atoms with Gasteiger partial charge in [0.1, 0.15) is 5.75 Å². The average Bonchev–Trinajstić information content (AvgIpc) is 3.22. The van der Waals surface area contributed by atoms with E-state index in [0.717, 1.165) is 24.2 Å². The summed E-state index contributed by atoms with van der Waals surface area (Å²) in [5.74, 6) is -0.0186. The van der Waals surface area contributed by atoms with Crippen LogP contribution in [0.5, 0.6) is 5.75 Å². The van der Waals surface area contributed by atoms with Crippen molar-refractivity contribution >= 4 is 17.6 Å². The Hall–Kier alpha value is -2.99. The minimum absolute atomic E-state index is 0.0198. The molecule has 2 amide bonds. The van der Waals surface area contributed by atoms with Crippen LogP contribution in [0.4, 0.5) is 0 Å². The highest BCUT2D eigenvalue weighted by molar-refractivity contribution is 6.06. The van der Waals surface area contributed by atoms with Crippen molar-refractivity contribution in [1.29, 1.82) is 0 Å². The highest BCUT2D eigenvalue weighted by atomic mass is 16.5. The van der Waals surface area contributed by atoms with Crippen molar-refractivity contribution in [3.05, 3.63) is 65.7 Å². The number of imide groups is 1. The monoisotopic (exact) mass is 392 g/mol. The highest BCUT2D eigenvalue weighted by Crippen LogP contribution is 2.28. The Morgan fingerprint density at radius 3 is 2.59 bits per heavy atom. The Bertz CT molecular complexity index is 912. The van der Waals surface area contributed by atoms with Crippen LogP contribution in [0.3, 0.4) is 0 Å². The number of nitrogens with one attached hydrogen (secondary N) is 1. The number of nitrogens with zero attached hydrogens (tertiary/aromatic N) is 1. The highest BCUT2D eigenvalue weighted by Gasteiger charge is 2.35. The lowest BCUT2D eigenvalue weighted by atomic mass is 9.99. The molecule has 0 bridgehead atoms. The molecule has 2 aromatic rings.